The van der Waals surface area contributed by atoms with E-state index in [-0.39, 0.29) is 0 Å². The minimum absolute atomic E-state index is 0.744. The zero-order chi connectivity index (χ0) is 9.80. The maximum absolute atomic E-state index is 2.52. The second-order valence-corrected chi connectivity index (χ2v) is 5.93. The van der Waals surface area contributed by atoms with Crippen LogP contribution < -0.4 is 0 Å². The molecule has 2 aliphatic carbocycles. The van der Waals surface area contributed by atoms with Crippen LogP contribution in [-0.2, 0) is 0 Å². The van der Waals surface area contributed by atoms with Crippen molar-refractivity contribution in [2.45, 2.75) is 47.5 Å². The molecule has 0 saturated heterocycles. The number of hydrogen-bond donors (Lipinski definition) is 0. The summed E-state index contributed by atoms with van der Waals surface area (Å²) in [6.45, 7) is 12.2. The molecule has 0 radical (unpaired) electrons. The highest BCUT2D eigenvalue weighted by Crippen LogP contribution is 2.71. The molecule has 6 unspecified atom stereocenters. The molecule has 13 heavy (non-hydrogen) atoms. The monoisotopic (exact) mass is 180 g/mol. The van der Waals surface area contributed by atoms with Crippen molar-refractivity contribution in [3.05, 3.63) is 0 Å². The summed E-state index contributed by atoms with van der Waals surface area (Å²) in [4.78, 5) is 0. The van der Waals surface area contributed by atoms with E-state index in [1.54, 1.807) is 0 Å². The zero-order valence-corrected chi connectivity index (χ0v) is 9.80. The molecule has 6 atom stereocenters. The fraction of sp³-hybridized carbons (Fsp3) is 1.00. The van der Waals surface area contributed by atoms with Gasteiger partial charge in [-0.1, -0.05) is 41.0 Å². The van der Waals surface area contributed by atoms with Crippen LogP contribution in [0.1, 0.15) is 47.5 Å². The van der Waals surface area contributed by atoms with Crippen LogP contribution in [0.2, 0.25) is 0 Å². The van der Waals surface area contributed by atoms with Crippen molar-refractivity contribution in [3.63, 3.8) is 0 Å². The van der Waals surface area contributed by atoms with Gasteiger partial charge in [0.05, 0.1) is 0 Å². The molecule has 2 saturated carbocycles. The molecule has 2 rings (SSSR count). The molecule has 76 valence electrons. The van der Waals surface area contributed by atoms with Gasteiger partial charge in [0, 0.05) is 0 Å². The highest BCUT2D eigenvalue weighted by atomic mass is 14.7. The van der Waals surface area contributed by atoms with Crippen LogP contribution in [0.3, 0.4) is 0 Å². The Kier molecular flexibility index (Phi) is 2.02. The highest BCUT2D eigenvalue weighted by Gasteiger charge is 2.65. The van der Waals surface area contributed by atoms with Crippen LogP contribution in [-0.4, -0.2) is 0 Å². The van der Waals surface area contributed by atoms with Crippen molar-refractivity contribution in [3.8, 4) is 0 Å². The molecule has 0 aromatic carbocycles. The van der Waals surface area contributed by atoms with Crippen molar-refractivity contribution in [1.82, 2.24) is 0 Å². The molecule has 0 spiro atoms. The molecule has 0 amide bonds. The second kappa shape index (κ2) is 2.74. The molecule has 0 heterocycles. The number of fused-ring (bicyclic) bond motifs is 1. The average Bonchev–Trinajstić information content (AvgIpc) is 2.11. The van der Waals surface area contributed by atoms with Gasteiger partial charge >= 0.3 is 0 Å². The summed E-state index contributed by atoms with van der Waals surface area (Å²) in [5.41, 5.74) is 0.744. The molecule has 2 fully saturated rings. The van der Waals surface area contributed by atoms with E-state index in [0.29, 0.717) is 0 Å². The molecule has 0 heteroatoms. The molecule has 0 N–H and O–H groups in total. The average molecular weight is 180 g/mol. The first kappa shape index (κ1) is 9.55. The van der Waals surface area contributed by atoms with Gasteiger partial charge in [-0.15, -0.1) is 0 Å². The summed E-state index contributed by atoms with van der Waals surface area (Å²) in [6, 6.07) is 0. The van der Waals surface area contributed by atoms with Gasteiger partial charge in [-0.2, -0.15) is 0 Å². The van der Waals surface area contributed by atoms with E-state index in [1.165, 1.54) is 12.8 Å². The van der Waals surface area contributed by atoms with E-state index in [0.717, 1.165) is 35.0 Å². The fourth-order valence-electron chi connectivity index (χ4n) is 4.23. The van der Waals surface area contributed by atoms with Gasteiger partial charge in [-0.3, -0.25) is 0 Å². The van der Waals surface area contributed by atoms with Crippen LogP contribution in [0.25, 0.3) is 0 Å². The molecule has 0 aromatic heterocycles. The molecular weight excluding hydrogens is 156 g/mol. The standard InChI is InChI=1S/C13H24/c1-6-8(2)11-7-13(5)10(4)9(3)12(11)13/h8-12H,6-7H2,1-5H3. The van der Waals surface area contributed by atoms with Gasteiger partial charge in [-0.25, -0.2) is 0 Å². The lowest BCUT2D eigenvalue weighted by Gasteiger charge is -2.71. The lowest BCUT2D eigenvalue weighted by molar-refractivity contribution is -0.232. The predicted octanol–water partition coefficient (Wildman–Crippen LogP) is 3.96. The Morgan fingerprint density at radius 1 is 1.38 bits per heavy atom. The number of rotatable bonds is 2. The summed E-state index contributed by atoms with van der Waals surface area (Å²) in [6.07, 6.45) is 2.89. The summed E-state index contributed by atoms with van der Waals surface area (Å²) in [5.74, 6) is 5.07. The summed E-state index contributed by atoms with van der Waals surface area (Å²) in [5, 5.41) is 0. The number of hydrogen-bond acceptors (Lipinski definition) is 0. The van der Waals surface area contributed by atoms with E-state index in [1.807, 2.05) is 0 Å². The topological polar surface area (TPSA) is 0 Å². The first-order valence-electron chi connectivity index (χ1n) is 6.02. The van der Waals surface area contributed by atoms with Crippen LogP contribution in [0.15, 0.2) is 0 Å². The van der Waals surface area contributed by atoms with Crippen molar-refractivity contribution in [2.75, 3.05) is 0 Å². The molecule has 0 aliphatic heterocycles. The zero-order valence-electron chi connectivity index (χ0n) is 9.80. The quantitative estimate of drug-likeness (QED) is 0.603. The Labute approximate surface area is 83.1 Å². The Hall–Kier alpha value is 0. The Bertz CT molecular complexity index is 208. The Morgan fingerprint density at radius 2 is 2.00 bits per heavy atom. The third kappa shape index (κ3) is 0.980. The van der Waals surface area contributed by atoms with Gasteiger partial charge in [0.1, 0.15) is 0 Å². The van der Waals surface area contributed by atoms with E-state index in [9.17, 15) is 0 Å². The predicted molar refractivity (Wildman–Crippen MR) is 57.5 cm³/mol. The summed E-state index contributed by atoms with van der Waals surface area (Å²) < 4.78 is 0. The van der Waals surface area contributed by atoms with Gasteiger partial charge in [0.25, 0.3) is 0 Å². The molecule has 0 aromatic rings. The van der Waals surface area contributed by atoms with Crippen LogP contribution in [0, 0.1) is 35.0 Å². The Balaban J connectivity index is 2.03. The smallest absolute Gasteiger partial charge is 0.0261 e. The van der Waals surface area contributed by atoms with Gasteiger partial charge in [0.2, 0.25) is 0 Å². The Morgan fingerprint density at radius 3 is 2.46 bits per heavy atom. The largest absolute Gasteiger partial charge is 0.0651 e. The summed E-state index contributed by atoms with van der Waals surface area (Å²) in [7, 11) is 0. The van der Waals surface area contributed by atoms with Crippen molar-refractivity contribution >= 4 is 0 Å². The summed E-state index contributed by atoms with van der Waals surface area (Å²) >= 11 is 0. The van der Waals surface area contributed by atoms with Crippen LogP contribution in [0.5, 0.6) is 0 Å². The van der Waals surface area contributed by atoms with E-state index < -0.39 is 0 Å². The van der Waals surface area contributed by atoms with Crippen molar-refractivity contribution < 1.29 is 0 Å². The third-order valence-electron chi connectivity index (χ3n) is 5.67. The van der Waals surface area contributed by atoms with Gasteiger partial charge in [-0.05, 0) is 41.4 Å². The molecular formula is C13H24. The fourth-order valence-corrected chi connectivity index (χ4v) is 4.23. The maximum Gasteiger partial charge on any atom is -0.0261 e. The third-order valence-corrected chi connectivity index (χ3v) is 5.67. The van der Waals surface area contributed by atoms with E-state index >= 15 is 0 Å². The molecule has 2 aliphatic rings. The van der Waals surface area contributed by atoms with Crippen LogP contribution >= 0.6 is 0 Å². The van der Waals surface area contributed by atoms with Crippen molar-refractivity contribution in [2.24, 2.45) is 35.0 Å². The normalized spacial score (nSPS) is 56.1. The minimum Gasteiger partial charge on any atom is -0.0651 e. The van der Waals surface area contributed by atoms with E-state index in [4.69, 9.17) is 0 Å². The lowest BCUT2D eigenvalue weighted by atomic mass is 9.33. The SMILES string of the molecule is CCC(C)C1CC2(C)C(C)C(C)C12. The second-order valence-electron chi connectivity index (χ2n) is 5.93. The van der Waals surface area contributed by atoms with E-state index in [2.05, 4.69) is 34.6 Å². The first-order valence-corrected chi connectivity index (χ1v) is 6.02. The minimum atomic E-state index is 0.744. The van der Waals surface area contributed by atoms with Gasteiger partial charge in [0.15, 0.2) is 0 Å². The van der Waals surface area contributed by atoms with Crippen molar-refractivity contribution in [1.29, 1.82) is 0 Å². The molecule has 0 bridgehead atoms. The first-order chi connectivity index (χ1) is 6.02. The van der Waals surface area contributed by atoms with Crippen LogP contribution in [0.4, 0.5) is 0 Å². The molecule has 0 nitrogen and oxygen atoms in total. The lowest BCUT2D eigenvalue weighted by Crippen LogP contribution is -2.65. The maximum atomic E-state index is 2.52. The van der Waals surface area contributed by atoms with Gasteiger partial charge < -0.3 is 0 Å². The highest BCUT2D eigenvalue weighted by molar-refractivity contribution is 5.13.